The first-order valence-corrected chi connectivity index (χ1v) is 6.00. The molecule has 5 heteroatoms. The molecule has 0 saturated heterocycles. The Morgan fingerprint density at radius 1 is 1.46 bits per heavy atom. The second-order valence-electron chi connectivity index (χ2n) is 3.02. The molecule has 0 aliphatic carbocycles. The van der Waals surface area contributed by atoms with E-state index in [9.17, 15) is 13.2 Å². The fourth-order valence-electron chi connectivity index (χ4n) is 0.687. The second-order valence-corrected chi connectivity index (χ2v) is 5.28. The summed E-state index contributed by atoms with van der Waals surface area (Å²) >= 11 is 0. The van der Waals surface area contributed by atoms with Gasteiger partial charge in [0.2, 0.25) is 5.91 Å². The van der Waals surface area contributed by atoms with Crippen LogP contribution in [0.15, 0.2) is 12.2 Å². The standard InChI is InChI=1S/C8H15NO3S/c1-7(2)8(10)9-5-4-6-13(3,11)12/h1,4-6H2,2-3H3,(H,9,10). The van der Waals surface area contributed by atoms with E-state index in [2.05, 4.69) is 11.9 Å². The number of amides is 1. The lowest BCUT2D eigenvalue weighted by molar-refractivity contribution is -0.117. The zero-order valence-electron chi connectivity index (χ0n) is 7.96. The number of sulfone groups is 1. The van der Waals surface area contributed by atoms with Gasteiger partial charge in [-0.1, -0.05) is 6.58 Å². The molecule has 0 aromatic carbocycles. The minimum Gasteiger partial charge on any atom is -0.352 e. The molecule has 0 radical (unpaired) electrons. The maximum Gasteiger partial charge on any atom is 0.246 e. The van der Waals surface area contributed by atoms with Crippen LogP contribution >= 0.6 is 0 Å². The minimum absolute atomic E-state index is 0.101. The van der Waals surface area contributed by atoms with Crippen molar-refractivity contribution in [2.45, 2.75) is 13.3 Å². The zero-order valence-corrected chi connectivity index (χ0v) is 8.78. The van der Waals surface area contributed by atoms with E-state index in [-0.39, 0.29) is 11.7 Å². The molecule has 0 bridgehead atoms. The predicted octanol–water partition coefficient (Wildman–Crippen LogP) is 0.113. The van der Waals surface area contributed by atoms with Crippen LogP contribution in [0.25, 0.3) is 0 Å². The van der Waals surface area contributed by atoms with Crippen molar-refractivity contribution in [1.29, 1.82) is 0 Å². The summed E-state index contributed by atoms with van der Waals surface area (Å²) in [5, 5.41) is 2.55. The summed E-state index contributed by atoms with van der Waals surface area (Å²) in [6, 6.07) is 0. The molecule has 0 atom stereocenters. The predicted molar refractivity (Wildman–Crippen MR) is 52.2 cm³/mol. The first-order valence-electron chi connectivity index (χ1n) is 3.94. The third kappa shape index (κ3) is 7.52. The molecule has 4 nitrogen and oxygen atoms in total. The van der Waals surface area contributed by atoms with E-state index in [1.807, 2.05) is 0 Å². The van der Waals surface area contributed by atoms with Crippen molar-refractivity contribution in [2.24, 2.45) is 0 Å². The highest BCUT2D eigenvalue weighted by Gasteiger charge is 2.03. The number of carbonyl (C=O) groups is 1. The normalized spacial score (nSPS) is 10.9. The average Bonchev–Trinajstić information content (AvgIpc) is 1.95. The van der Waals surface area contributed by atoms with E-state index < -0.39 is 9.84 Å². The summed E-state index contributed by atoms with van der Waals surface area (Å²) in [7, 11) is -2.92. The van der Waals surface area contributed by atoms with Crippen LogP contribution in [0.3, 0.4) is 0 Å². The van der Waals surface area contributed by atoms with Crippen molar-refractivity contribution in [3.8, 4) is 0 Å². The van der Waals surface area contributed by atoms with Gasteiger partial charge in [-0.2, -0.15) is 0 Å². The van der Waals surface area contributed by atoms with E-state index in [0.717, 1.165) is 0 Å². The molecule has 0 aliphatic heterocycles. The van der Waals surface area contributed by atoms with Crippen molar-refractivity contribution in [1.82, 2.24) is 5.32 Å². The molecule has 1 N–H and O–H groups in total. The largest absolute Gasteiger partial charge is 0.352 e. The van der Waals surface area contributed by atoms with E-state index >= 15 is 0 Å². The Bertz CT molecular complexity index is 293. The van der Waals surface area contributed by atoms with Gasteiger partial charge in [-0.3, -0.25) is 4.79 Å². The van der Waals surface area contributed by atoms with Crippen LogP contribution in [0.4, 0.5) is 0 Å². The van der Waals surface area contributed by atoms with Crippen molar-refractivity contribution in [2.75, 3.05) is 18.6 Å². The Morgan fingerprint density at radius 3 is 2.38 bits per heavy atom. The molecule has 0 heterocycles. The lowest BCUT2D eigenvalue weighted by Crippen LogP contribution is -2.26. The van der Waals surface area contributed by atoms with Crippen molar-refractivity contribution < 1.29 is 13.2 Å². The Balaban J connectivity index is 3.59. The van der Waals surface area contributed by atoms with Crippen LogP contribution < -0.4 is 5.32 Å². The number of hydrogen-bond acceptors (Lipinski definition) is 3. The molecule has 1 amide bonds. The molecule has 76 valence electrons. The van der Waals surface area contributed by atoms with Gasteiger partial charge in [0.25, 0.3) is 0 Å². The Kier molecular flexibility index (Phi) is 4.69. The molecule has 0 saturated carbocycles. The van der Waals surface area contributed by atoms with Gasteiger partial charge in [0.05, 0.1) is 5.75 Å². The SMILES string of the molecule is C=C(C)C(=O)NCCCS(C)(=O)=O. The molecule has 0 unspecified atom stereocenters. The van der Waals surface area contributed by atoms with Crippen molar-refractivity contribution in [3.05, 3.63) is 12.2 Å². The third-order valence-corrected chi connectivity index (χ3v) is 2.40. The highest BCUT2D eigenvalue weighted by molar-refractivity contribution is 7.90. The molecule has 0 spiro atoms. The van der Waals surface area contributed by atoms with Gasteiger partial charge in [-0.05, 0) is 13.3 Å². The van der Waals surface area contributed by atoms with Crippen molar-refractivity contribution in [3.63, 3.8) is 0 Å². The van der Waals surface area contributed by atoms with Gasteiger partial charge in [0, 0.05) is 18.4 Å². The summed E-state index contributed by atoms with van der Waals surface area (Å²) in [5.74, 6) is -0.128. The molecule has 0 aromatic rings. The van der Waals surface area contributed by atoms with Crippen LogP contribution in [0.1, 0.15) is 13.3 Å². The molecule has 0 aliphatic rings. The van der Waals surface area contributed by atoms with Gasteiger partial charge in [-0.25, -0.2) is 8.42 Å². The Morgan fingerprint density at radius 2 is 2.00 bits per heavy atom. The second kappa shape index (κ2) is 5.01. The quantitative estimate of drug-likeness (QED) is 0.512. The summed E-state index contributed by atoms with van der Waals surface area (Å²) in [6.07, 6.45) is 1.62. The third-order valence-electron chi connectivity index (χ3n) is 1.37. The molecule has 0 fully saturated rings. The number of hydrogen-bond donors (Lipinski definition) is 1. The zero-order chi connectivity index (χ0) is 10.5. The number of nitrogens with one attached hydrogen (secondary N) is 1. The number of rotatable bonds is 5. The van der Waals surface area contributed by atoms with Crippen LogP contribution in [0, 0.1) is 0 Å². The van der Waals surface area contributed by atoms with Gasteiger partial charge >= 0.3 is 0 Å². The summed E-state index contributed by atoms with van der Waals surface area (Å²) in [6.45, 7) is 5.43. The molecule has 0 aromatic heterocycles. The molecule has 0 rings (SSSR count). The van der Waals surface area contributed by atoms with Crippen LogP contribution in [0.5, 0.6) is 0 Å². The fourth-order valence-corrected chi connectivity index (χ4v) is 1.36. The first kappa shape index (κ1) is 12.2. The van der Waals surface area contributed by atoms with Crippen molar-refractivity contribution >= 4 is 15.7 Å². The van der Waals surface area contributed by atoms with E-state index in [1.54, 1.807) is 6.92 Å². The van der Waals surface area contributed by atoms with E-state index in [0.29, 0.717) is 18.5 Å². The van der Waals surface area contributed by atoms with Gasteiger partial charge in [0.1, 0.15) is 9.84 Å². The fraction of sp³-hybridized carbons (Fsp3) is 0.625. The maximum atomic E-state index is 10.9. The number of carbonyl (C=O) groups excluding carboxylic acids is 1. The molecular weight excluding hydrogens is 190 g/mol. The first-order chi connectivity index (χ1) is 5.83. The highest BCUT2D eigenvalue weighted by atomic mass is 32.2. The summed E-state index contributed by atoms with van der Waals surface area (Å²) in [5.41, 5.74) is 0.430. The van der Waals surface area contributed by atoms with E-state index in [1.165, 1.54) is 6.26 Å². The van der Waals surface area contributed by atoms with Gasteiger partial charge in [0.15, 0.2) is 0 Å². The van der Waals surface area contributed by atoms with Gasteiger partial charge in [-0.15, -0.1) is 0 Å². The van der Waals surface area contributed by atoms with Gasteiger partial charge < -0.3 is 5.32 Å². The Labute approximate surface area is 78.9 Å². The summed E-state index contributed by atoms with van der Waals surface area (Å²) in [4.78, 5) is 10.9. The van der Waals surface area contributed by atoms with Crippen LogP contribution in [-0.2, 0) is 14.6 Å². The van der Waals surface area contributed by atoms with Crippen LogP contribution in [-0.4, -0.2) is 32.9 Å². The maximum absolute atomic E-state index is 10.9. The smallest absolute Gasteiger partial charge is 0.246 e. The topological polar surface area (TPSA) is 63.2 Å². The summed E-state index contributed by atoms with van der Waals surface area (Å²) < 4.78 is 21.4. The minimum atomic E-state index is -2.92. The average molecular weight is 205 g/mol. The van der Waals surface area contributed by atoms with Crippen LogP contribution in [0.2, 0.25) is 0 Å². The molecule has 13 heavy (non-hydrogen) atoms. The Hall–Kier alpha value is -0.840. The van der Waals surface area contributed by atoms with E-state index in [4.69, 9.17) is 0 Å². The highest BCUT2D eigenvalue weighted by Crippen LogP contribution is 1.89. The lowest BCUT2D eigenvalue weighted by Gasteiger charge is -2.03. The monoisotopic (exact) mass is 205 g/mol. The molecular formula is C8H15NO3S. The lowest BCUT2D eigenvalue weighted by atomic mass is 10.3.